The van der Waals surface area contributed by atoms with Crippen LogP contribution in [-0.4, -0.2) is 22.9 Å². The minimum Gasteiger partial charge on any atom is -0.316 e. The van der Waals surface area contributed by atoms with Crippen LogP contribution in [0.1, 0.15) is 17.0 Å². The lowest BCUT2D eigenvalue weighted by Gasteiger charge is -2.15. The largest absolute Gasteiger partial charge is 0.316 e. The fraction of sp³-hybridized carbons (Fsp3) is 0.462. The van der Waals surface area contributed by atoms with E-state index in [0.717, 1.165) is 18.5 Å². The van der Waals surface area contributed by atoms with Gasteiger partial charge >= 0.3 is 0 Å². The second-order valence-corrected chi connectivity index (χ2v) is 5.21. The van der Waals surface area contributed by atoms with E-state index in [9.17, 15) is 0 Å². The first-order chi connectivity index (χ1) is 8.19. The summed E-state index contributed by atoms with van der Waals surface area (Å²) >= 11 is 1.76. The number of aryl methyl sites for hydroxylation is 2. The van der Waals surface area contributed by atoms with Crippen molar-refractivity contribution in [2.45, 2.75) is 25.8 Å². The maximum Gasteiger partial charge on any atom is 0.0596 e. The van der Waals surface area contributed by atoms with E-state index < -0.39 is 0 Å². The van der Waals surface area contributed by atoms with Crippen LogP contribution in [0.15, 0.2) is 22.9 Å². The highest BCUT2D eigenvalue weighted by atomic mass is 32.1. The minimum absolute atomic E-state index is 0.472. The average Bonchev–Trinajstić information content (AvgIpc) is 2.88. The van der Waals surface area contributed by atoms with Gasteiger partial charge < -0.3 is 5.32 Å². The summed E-state index contributed by atoms with van der Waals surface area (Å²) in [6.07, 6.45) is 2.09. The molecule has 2 heterocycles. The molecule has 0 radical (unpaired) electrons. The first-order valence-corrected chi connectivity index (χ1v) is 6.81. The van der Waals surface area contributed by atoms with E-state index in [-0.39, 0.29) is 0 Å². The SMILES string of the molecule is CNC(Cc1ccsc1)Cc1cc(C)nn1C. The Kier molecular flexibility index (Phi) is 3.97. The van der Waals surface area contributed by atoms with Crippen molar-refractivity contribution in [3.63, 3.8) is 0 Å². The average molecular weight is 249 g/mol. The van der Waals surface area contributed by atoms with Crippen molar-refractivity contribution >= 4 is 11.3 Å². The van der Waals surface area contributed by atoms with Crippen LogP contribution in [0.3, 0.4) is 0 Å². The molecule has 92 valence electrons. The van der Waals surface area contributed by atoms with Crippen molar-refractivity contribution in [2.75, 3.05) is 7.05 Å². The number of hydrogen-bond acceptors (Lipinski definition) is 3. The lowest BCUT2D eigenvalue weighted by molar-refractivity contribution is 0.534. The van der Waals surface area contributed by atoms with Gasteiger partial charge in [0, 0.05) is 25.2 Å². The maximum atomic E-state index is 4.39. The molecule has 17 heavy (non-hydrogen) atoms. The molecule has 4 heteroatoms. The smallest absolute Gasteiger partial charge is 0.0596 e. The molecule has 0 aliphatic rings. The summed E-state index contributed by atoms with van der Waals surface area (Å²) in [7, 11) is 4.04. The summed E-state index contributed by atoms with van der Waals surface area (Å²) in [6.45, 7) is 2.04. The van der Waals surface area contributed by atoms with Crippen LogP contribution >= 0.6 is 11.3 Å². The second-order valence-electron chi connectivity index (χ2n) is 4.43. The third kappa shape index (κ3) is 3.17. The van der Waals surface area contributed by atoms with Gasteiger partial charge in [-0.1, -0.05) is 0 Å². The summed E-state index contributed by atoms with van der Waals surface area (Å²) < 4.78 is 1.98. The number of hydrogen-bond donors (Lipinski definition) is 1. The number of likely N-dealkylation sites (N-methyl/N-ethyl adjacent to an activating group) is 1. The predicted octanol–water partition coefficient (Wildman–Crippen LogP) is 2.16. The monoisotopic (exact) mass is 249 g/mol. The highest BCUT2D eigenvalue weighted by Gasteiger charge is 2.11. The molecule has 0 amide bonds. The summed E-state index contributed by atoms with van der Waals surface area (Å²) in [6, 6.07) is 4.83. The number of aromatic nitrogens is 2. The molecule has 0 fully saturated rings. The fourth-order valence-corrected chi connectivity index (χ4v) is 2.76. The third-order valence-corrected chi connectivity index (χ3v) is 3.76. The van der Waals surface area contributed by atoms with E-state index in [1.165, 1.54) is 11.3 Å². The minimum atomic E-state index is 0.472. The zero-order valence-electron chi connectivity index (χ0n) is 10.6. The molecule has 1 unspecified atom stereocenters. The number of nitrogens with one attached hydrogen (secondary N) is 1. The van der Waals surface area contributed by atoms with Gasteiger partial charge in [-0.05, 0) is 48.8 Å². The number of thiophene rings is 1. The molecule has 0 saturated carbocycles. The first-order valence-electron chi connectivity index (χ1n) is 5.87. The van der Waals surface area contributed by atoms with Crippen LogP contribution in [-0.2, 0) is 19.9 Å². The zero-order valence-corrected chi connectivity index (χ0v) is 11.4. The van der Waals surface area contributed by atoms with E-state index in [0.29, 0.717) is 6.04 Å². The Morgan fingerprint density at radius 1 is 1.47 bits per heavy atom. The molecule has 2 aromatic heterocycles. The van der Waals surface area contributed by atoms with Crippen molar-refractivity contribution in [2.24, 2.45) is 7.05 Å². The Morgan fingerprint density at radius 2 is 2.29 bits per heavy atom. The van der Waals surface area contributed by atoms with Crippen LogP contribution in [0.2, 0.25) is 0 Å². The van der Waals surface area contributed by atoms with Gasteiger partial charge in [-0.15, -0.1) is 0 Å². The van der Waals surface area contributed by atoms with Crippen molar-refractivity contribution in [3.05, 3.63) is 39.8 Å². The number of rotatable bonds is 5. The third-order valence-electron chi connectivity index (χ3n) is 3.02. The van der Waals surface area contributed by atoms with Gasteiger partial charge in [0.1, 0.15) is 0 Å². The number of nitrogens with zero attached hydrogens (tertiary/aromatic N) is 2. The highest BCUT2D eigenvalue weighted by molar-refractivity contribution is 7.07. The molecule has 0 aliphatic heterocycles. The van der Waals surface area contributed by atoms with E-state index in [1.54, 1.807) is 11.3 Å². The van der Waals surface area contributed by atoms with Crippen LogP contribution in [0.4, 0.5) is 0 Å². The van der Waals surface area contributed by atoms with E-state index >= 15 is 0 Å². The van der Waals surface area contributed by atoms with Gasteiger partial charge in [-0.2, -0.15) is 16.4 Å². The molecular weight excluding hydrogens is 230 g/mol. The fourth-order valence-electron chi connectivity index (χ4n) is 2.08. The Morgan fingerprint density at radius 3 is 2.82 bits per heavy atom. The summed E-state index contributed by atoms with van der Waals surface area (Å²) in [5.74, 6) is 0. The molecule has 0 aromatic carbocycles. The molecule has 3 nitrogen and oxygen atoms in total. The van der Waals surface area contributed by atoms with Crippen LogP contribution in [0.25, 0.3) is 0 Å². The Bertz CT molecular complexity index is 459. The molecule has 1 atom stereocenters. The Hall–Kier alpha value is -1.13. The summed E-state index contributed by atoms with van der Waals surface area (Å²) in [5.41, 5.74) is 3.79. The normalized spacial score (nSPS) is 12.9. The van der Waals surface area contributed by atoms with Crippen molar-refractivity contribution < 1.29 is 0 Å². The second kappa shape index (κ2) is 5.47. The summed E-state index contributed by atoms with van der Waals surface area (Å²) in [5, 5.41) is 12.1. The van der Waals surface area contributed by atoms with Gasteiger partial charge in [0.05, 0.1) is 5.69 Å². The highest BCUT2D eigenvalue weighted by Crippen LogP contribution is 2.12. The molecule has 0 bridgehead atoms. The molecule has 2 aromatic rings. The predicted molar refractivity (Wildman–Crippen MR) is 72.5 cm³/mol. The van der Waals surface area contributed by atoms with Gasteiger partial charge in [0.2, 0.25) is 0 Å². The van der Waals surface area contributed by atoms with Crippen molar-refractivity contribution in [3.8, 4) is 0 Å². The van der Waals surface area contributed by atoms with Gasteiger partial charge in [0.25, 0.3) is 0 Å². The van der Waals surface area contributed by atoms with E-state index in [4.69, 9.17) is 0 Å². The standard InChI is InChI=1S/C13H19N3S/c1-10-6-13(16(3)15-10)8-12(14-2)7-11-4-5-17-9-11/h4-6,9,12,14H,7-8H2,1-3H3. The quantitative estimate of drug-likeness (QED) is 0.880. The summed E-state index contributed by atoms with van der Waals surface area (Å²) in [4.78, 5) is 0. The maximum absolute atomic E-state index is 4.39. The van der Waals surface area contributed by atoms with Crippen LogP contribution < -0.4 is 5.32 Å². The molecule has 0 aliphatic carbocycles. The molecule has 1 N–H and O–H groups in total. The first kappa shape index (κ1) is 12.3. The molecular formula is C13H19N3S. The lowest BCUT2D eigenvalue weighted by Crippen LogP contribution is -2.30. The van der Waals surface area contributed by atoms with Crippen LogP contribution in [0, 0.1) is 6.92 Å². The molecule has 2 rings (SSSR count). The zero-order chi connectivity index (χ0) is 12.3. The Labute approximate surface area is 106 Å². The van der Waals surface area contributed by atoms with E-state index in [1.807, 2.05) is 25.7 Å². The van der Waals surface area contributed by atoms with Gasteiger partial charge in [-0.3, -0.25) is 4.68 Å². The van der Waals surface area contributed by atoms with Crippen molar-refractivity contribution in [1.29, 1.82) is 0 Å². The van der Waals surface area contributed by atoms with E-state index in [2.05, 4.69) is 33.3 Å². The molecule has 0 spiro atoms. The lowest BCUT2D eigenvalue weighted by atomic mass is 10.0. The topological polar surface area (TPSA) is 29.9 Å². The van der Waals surface area contributed by atoms with Gasteiger partial charge in [0.15, 0.2) is 0 Å². The molecule has 0 saturated heterocycles. The van der Waals surface area contributed by atoms with Crippen molar-refractivity contribution in [1.82, 2.24) is 15.1 Å². The Balaban J connectivity index is 2.02. The van der Waals surface area contributed by atoms with Gasteiger partial charge in [-0.25, -0.2) is 0 Å². The van der Waals surface area contributed by atoms with Crippen LogP contribution in [0.5, 0.6) is 0 Å².